The predicted octanol–water partition coefficient (Wildman–Crippen LogP) is 5.55. The van der Waals surface area contributed by atoms with Crippen LogP contribution in [0.3, 0.4) is 0 Å². The minimum atomic E-state index is -0.451. The van der Waals surface area contributed by atoms with Gasteiger partial charge in [-0.2, -0.15) is 0 Å². The van der Waals surface area contributed by atoms with Crippen LogP contribution in [0.25, 0.3) is 0 Å². The topological polar surface area (TPSA) is 71.1 Å². The maximum absolute atomic E-state index is 13.4. The van der Waals surface area contributed by atoms with Gasteiger partial charge in [0.15, 0.2) is 0 Å². The molecule has 1 N–H and O–H groups in total. The lowest BCUT2D eigenvalue weighted by Crippen LogP contribution is -2.51. The highest BCUT2D eigenvalue weighted by atomic mass is 16.6. The monoisotopic (exact) mass is 511 g/mol. The summed E-state index contributed by atoms with van der Waals surface area (Å²) in [4.78, 5) is 29.8. The zero-order chi connectivity index (χ0) is 26.0. The van der Waals surface area contributed by atoms with Gasteiger partial charge in [0, 0.05) is 37.9 Å². The van der Waals surface area contributed by atoms with Crippen LogP contribution in [-0.2, 0) is 9.53 Å². The normalized spacial score (nSPS) is 29.3. The molecule has 0 atom stereocenters. The third kappa shape index (κ3) is 6.60. The van der Waals surface area contributed by atoms with E-state index >= 15 is 0 Å². The maximum atomic E-state index is 13.4. The van der Waals surface area contributed by atoms with Gasteiger partial charge in [-0.15, -0.1) is 0 Å². The van der Waals surface area contributed by atoms with Crippen LogP contribution in [0.5, 0.6) is 5.75 Å². The molecule has 4 aliphatic carbocycles. The lowest BCUT2D eigenvalue weighted by atomic mass is 9.49. The number of carbonyl (C=O) groups excluding carboxylic acids is 2. The van der Waals surface area contributed by atoms with Crippen molar-refractivity contribution in [1.29, 1.82) is 0 Å². The van der Waals surface area contributed by atoms with Crippen LogP contribution in [0.1, 0.15) is 72.1 Å². The van der Waals surface area contributed by atoms with E-state index < -0.39 is 5.60 Å². The zero-order valence-electron chi connectivity index (χ0n) is 23.0. The molecule has 1 aliphatic heterocycles. The standard InChI is InChI=1S/C30H45N3O4/c1-29(2,3)37-28(35)33-12-10-32(11-13-33)9-4-5-14-36-26-8-6-7-25(18-26)31-27(34)30-19-22-15-23(20-30)17-24(16-22)21-30/h6-8,18,22-24H,4-5,9-17,19-21H2,1-3H3,(H,31,34). The molecule has 0 spiro atoms. The number of unbranched alkanes of at least 4 members (excludes halogenated alkanes) is 1. The summed E-state index contributed by atoms with van der Waals surface area (Å²) < 4.78 is 11.5. The fourth-order valence-corrected chi connectivity index (χ4v) is 7.42. The third-order valence-corrected chi connectivity index (χ3v) is 8.77. The molecule has 1 aromatic rings. The van der Waals surface area contributed by atoms with Gasteiger partial charge in [-0.05, 0) is 109 Å². The first-order chi connectivity index (χ1) is 17.7. The van der Waals surface area contributed by atoms with Crippen molar-refractivity contribution >= 4 is 17.7 Å². The first kappa shape index (κ1) is 26.3. The molecule has 204 valence electrons. The summed E-state index contributed by atoms with van der Waals surface area (Å²) >= 11 is 0. The van der Waals surface area contributed by atoms with Crippen molar-refractivity contribution in [2.75, 3.05) is 44.6 Å². The molecule has 37 heavy (non-hydrogen) atoms. The predicted molar refractivity (Wildman–Crippen MR) is 145 cm³/mol. The summed E-state index contributed by atoms with van der Waals surface area (Å²) in [6, 6.07) is 7.88. The number of hydrogen-bond acceptors (Lipinski definition) is 5. The van der Waals surface area contributed by atoms with E-state index in [1.165, 1.54) is 19.3 Å². The van der Waals surface area contributed by atoms with E-state index in [1.807, 2.05) is 45.0 Å². The minimum Gasteiger partial charge on any atom is -0.494 e. The van der Waals surface area contributed by atoms with Gasteiger partial charge in [-0.1, -0.05) is 6.07 Å². The molecule has 0 unspecified atom stereocenters. The Labute approximate surface area is 222 Å². The molecule has 5 aliphatic rings. The highest BCUT2D eigenvalue weighted by molar-refractivity contribution is 5.95. The van der Waals surface area contributed by atoms with Crippen molar-refractivity contribution in [2.24, 2.45) is 23.2 Å². The lowest BCUT2D eigenvalue weighted by Gasteiger charge is -2.55. The largest absolute Gasteiger partial charge is 0.494 e. The summed E-state index contributed by atoms with van der Waals surface area (Å²) in [5.41, 5.74) is 0.263. The van der Waals surface area contributed by atoms with E-state index in [2.05, 4.69) is 10.2 Å². The molecule has 0 radical (unpaired) electrons. The Morgan fingerprint density at radius 3 is 2.24 bits per heavy atom. The maximum Gasteiger partial charge on any atom is 0.410 e. The summed E-state index contributed by atoms with van der Waals surface area (Å²) in [6.07, 6.45) is 9.09. The number of hydrogen-bond donors (Lipinski definition) is 1. The molecule has 4 saturated carbocycles. The highest BCUT2D eigenvalue weighted by Gasteiger charge is 2.54. The van der Waals surface area contributed by atoms with Crippen LogP contribution in [-0.4, -0.2) is 66.7 Å². The number of rotatable bonds is 8. The summed E-state index contributed by atoms with van der Waals surface area (Å²) in [5, 5.41) is 3.25. The van der Waals surface area contributed by atoms with Crippen LogP contribution < -0.4 is 10.1 Å². The van der Waals surface area contributed by atoms with Crippen molar-refractivity contribution in [3.05, 3.63) is 24.3 Å². The van der Waals surface area contributed by atoms with Gasteiger partial charge in [-0.25, -0.2) is 4.79 Å². The second kappa shape index (κ2) is 10.8. The number of nitrogens with zero attached hydrogens (tertiary/aromatic N) is 2. The number of amides is 2. The van der Waals surface area contributed by atoms with Crippen molar-refractivity contribution < 1.29 is 19.1 Å². The Balaban J connectivity index is 1.00. The molecule has 1 heterocycles. The molecule has 0 aromatic heterocycles. The number of anilines is 1. The Hall–Kier alpha value is -2.28. The molecular formula is C30H45N3O4. The van der Waals surface area contributed by atoms with E-state index in [-0.39, 0.29) is 17.4 Å². The molecule has 1 saturated heterocycles. The van der Waals surface area contributed by atoms with Crippen molar-refractivity contribution in [3.63, 3.8) is 0 Å². The Bertz CT molecular complexity index is 929. The quantitative estimate of drug-likeness (QED) is 0.463. The summed E-state index contributed by atoms with van der Waals surface area (Å²) in [5.74, 6) is 3.34. The van der Waals surface area contributed by atoms with E-state index in [0.29, 0.717) is 19.7 Å². The Kier molecular flexibility index (Phi) is 7.71. The molecular weight excluding hydrogens is 466 g/mol. The van der Waals surface area contributed by atoms with Crippen molar-refractivity contribution in [2.45, 2.75) is 77.7 Å². The van der Waals surface area contributed by atoms with Gasteiger partial charge in [0.25, 0.3) is 0 Å². The van der Waals surface area contributed by atoms with Crippen molar-refractivity contribution in [1.82, 2.24) is 9.80 Å². The molecule has 5 fully saturated rings. The number of nitrogens with one attached hydrogen (secondary N) is 1. The van der Waals surface area contributed by atoms with Crippen molar-refractivity contribution in [3.8, 4) is 5.75 Å². The van der Waals surface area contributed by atoms with Gasteiger partial charge in [0.05, 0.1) is 12.0 Å². The lowest BCUT2D eigenvalue weighted by molar-refractivity contribution is -0.140. The third-order valence-electron chi connectivity index (χ3n) is 8.77. The second-order valence-corrected chi connectivity index (χ2v) is 13.0. The van der Waals surface area contributed by atoms with E-state index in [1.54, 1.807) is 4.90 Å². The average molecular weight is 512 g/mol. The molecule has 6 rings (SSSR count). The van der Waals surface area contributed by atoms with Crippen LogP contribution in [0.4, 0.5) is 10.5 Å². The Morgan fingerprint density at radius 1 is 0.973 bits per heavy atom. The number of ether oxygens (including phenoxy) is 2. The molecule has 7 heteroatoms. The second-order valence-electron chi connectivity index (χ2n) is 13.0. The molecule has 2 amide bonds. The van der Waals surface area contributed by atoms with Crippen LogP contribution in [0.2, 0.25) is 0 Å². The fourth-order valence-electron chi connectivity index (χ4n) is 7.42. The molecule has 7 nitrogen and oxygen atoms in total. The number of piperazine rings is 1. The summed E-state index contributed by atoms with van der Waals surface area (Å²) in [7, 11) is 0. The highest BCUT2D eigenvalue weighted by Crippen LogP contribution is 2.60. The van der Waals surface area contributed by atoms with Gasteiger partial charge in [0.2, 0.25) is 5.91 Å². The van der Waals surface area contributed by atoms with Gasteiger partial charge in [-0.3, -0.25) is 9.69 Å². The zero-order valence-corrected chi connectivity index (χ0v) is 23.0. The van der Waals surface area contributed by atoms with E-state index in [0.717, 1.165) is 80.9 Å². The van der Waals surface area contributed by atoms with Crippen LogP contribution >= 0.6 is 0 Å². The van der Waals surface area contributed by atoms with Gasteiger partial charge < -0.3 is 19.7 Å². The molecule has 1 aromatic carbocycles. The molecule has 4 bridgehead atoms. The average Bonchev–Trinajstić information content (AvgIpc) is 2.82. The first-order valence-electron chi connectivity index (χ1n) is 14.4. The van der Waals surface area contributed by atoms with Gasteiger partial charge >= 0.3 is 6.09 Å². The smallest absolute Gasteiger partial charge is 0.410 e. The number of benzene rings is 1. The summed E-state index contributed by atoms with van der Waals surface area (Å²) in [6.45, 7) is 10.6. The van der Waals surface area contributed by atoms with Crippen LogP contribution in [0.15, 0.2) is 24.3 Å². The first-order valence-corrected chi connectivity index (χ1v) is 14.4. The SMILES string of the molecule is CC(C)(C)OC(=O)N1CCN(CCCCOc2cccc(NC(=O)C34CC5CC(CC(C5)C3)C4)c2)CC1. The van der Waals surface area contributed by atoms with Gasteiger partial charge in [0.1, 0.15) is 11.4 Å². The fraction of sp³-hybridized carbons (Fsp3) is 0.733. The van der Waals surface area contributed by atoms with Crippen LogP contribution in [0, 0.1) is 23.2 Å². The Morgan fingerprint density at radius 2 is 1.62 bits per heavy atom. The minimum absolute atomic E-state index is 0.135. The van der Waals surface area contributed by atoms with E-state index in [4.69, 9.17) is 9.47 Å². The van der Waals surface area contributed by atoms with E-state index in [9.17, 15) is 9.59 Å². The number of carbonyl (C=O) groups is 2.